The lowest BCUT2D eigenvalue weighted by molar-refractivity contribution is -0.380. The normalized spacial score (nSPS) is 10.3. The van der Waals surface area contributed by atoms with Crippen molar-refractivity contribution in [1.82, 2.24) is 0 Å². The SMILES string of the molecule is NCCCc1cc(Br)c([N+](=O)[O-])s1. The van der Waals surface area contributed by atoms with E-state index in [9.17, 15) is 10.1 Å². The molecule has 0 aliphatic heterocycles. The van der Waals surface area contributed by atoms with Crippen molar-refractivity contribution in [1.29, 1.82) is 0 Å². The highest BCUT2D eigenvalue weighted by atomic mass is 79.9. The van der Waals surface area contributed by atoms with Crippen molar-refractivity contribution in [3.05, 3.63) is 25.5 Å². The summed E-state index contributed by atoms with van der Waals surface area (Å²) in [4.78, 5) is 11.1. The predicted molar refractivity (Wildman–Crippen MR) is 56.0 cm³/mol. The molecule has 72 valence electrons. The Labute approximate surface area is 88.0 Å². The van der Waals surface area contributed by atoms with Gasteiger partial charge in [-0.05, 0) is 41.4 Å². The van der Waals surface area contributed by atoms with Gasteiger partial charge >= 0.3 is 5.00 Å². The average Bonchev–Trinajstić information content (AvgIpc) is 2.43. The summed E-state index contributed by atoms with van der Waals surface area (Å²) in [7, 11) is 0. The van der Waals surface area contributed by atoms with Crippen LogP contribution >= 0.6 is 27.3 Å². The second kappa shape index (κ2) is 4.69. The maximum atomic E-state index is 10.5. The number of nitrogens with two attached hydrogens (primary N) is 1. The summed E-state index contributed by atoms with van der Waals surface area (Å²) in [5, 5.41) is 10.6. The Bertz CT molecular complexity index is 313. The summed E-state index contributed by atoms with van der Waals surface area (Å²) < 4.78 is 0.564. The zero-order valence-electron chi connectivity index (χ0n) is 6.83. The van der Waals surface area contributed by atoms with Crippen LogP contribution in [0.25, 0.3) is 0 Å². The molecule has 13 heavy (non-hydrogen) atoms. The van der Waals surface area contributed by atoms with Gasteiger partial charge in [0.05, 0.1) is 4.92 Å². The topological polar surface area (TPSA) is 69.2 Å². The molecule has 0 aliphatic carbocycles. The Hall–Kier alpha value is -0.460. The second-order valence-corrected chi connectivity index (χ2v) is 4.48. The van der Waals surface area contributed by atoms with E-state index in [0.717, 1.165) is 17.7 Å². The van der Waals surface area contributed by atoms with Crippen molar-refractivity contribution in [2.75, 3.05) is 6.54 Å². The van der Waals surface area contributed by atoms with Crippen LogP contribution in [0.4, 0.5) is 5.00 Å². The van der Waals surface area contributed by atoms with E-state index in [2.05, 4.69) is 15.9 Å². The number of halogens is 1. The first kappa shape index (κ1) is 10.6. The van der Waals surface area contributed by atoms with Gasteiger partial charge in [-0.25, -0.2) is 0 Å². The van der Waals surface area contributed by atoms with Crippen LogP contribution in [-0.4, -0.2) is 11.5 Å². The molecule has 4 nitrogen and oxygen atoms in total. The van der Waals surface area contributed by atoms with Crippen molar-refractivity contribution in [3.63, 3.8) is 0 Å². The number of rotatable bonds is 4. The molecule has 1 rings (SSSR count). The molecule has 0 amide bonds. The van der Waals surface area contributed by atoms with Gasteiger partial charge in [-0.15, -0.1) is 0 Å². The lowest BCUT2D eigenvalue weighted by Gasteiger charge is -1.90. The lowest BCUT2D eigenvalue weighted by atomic mass is 10.3. The molecule has 2 N–H and O–H groups in total. The quantitative estimate of drug-likeness (QED) is 0.670. The van der Waals surface area contributed by atoms with Crippen molar-refractivity contribution in [2.24, 2.45) is 5.73 Å². The van der Waals surface area contributed by atoms with E-state index in [1.54, 1.807) is 6.07 Å². The number of hydrogen-bond acceptors (Lipinski definition) is 4. The first-order valence-corrected chi connectivity index (χ1v) is 5.38. The van der Waals surface area contributed by atoms with E-state index in [4.69, 9.17) is 5.73 Å². The molecular weight excluding hydrogens is 256 g/mol. The molecule has 1 aromatic rings. The third-order valence-electron chi connectivity index (χ3n) is 1.51. The molecule has 0 fully saturated rings. The van der Waals surface area contributed by atoms with Crippen molar-refractivity contribution in [2.45, 2.75) is 12.8 Å². The molecular formula is C7H9BrN2O2S. The zero-order chi connectivity index (χ0) is 9.84. The molecule has 6 heteroatoms. The summed E-state index contributed by atoms with van der Waals surface area (Å²) in [6, 6.07) is 1.79. The molecule has 0 saturated heterocycles. The van der Waals surface area contributed by atoms with Gasteiger partial charge in [0.25, 0.3) is 0 Å². The maximum Gasteiger partial charge on any atom is 0.338 e. The minimum absolute atomic E-state index is 0.173. The molecule has 0 atom stereocenters. The summed E-state index contributed by atoms with van der Waals surface area (Å²) in [5.74, 6) is 0. The molecule has 0 saturated carbocycles. The minimum Gasteiger partial charge on any atom is -0.330 e. The van der Waals surface area contributed by atoms with Crippen LogP contribution in [0.15, 0.2) is 10.5 Å². The molecule has 0 spiro atoms. The van der Waals surface area contributed by atoms with Gasteiger partial charge in [0.1, 0.15) is 4.47 Å². The fraction of sp³-hybridized carbons (Fsp3) is 0.429. The van der Waals surface area contributed by atoms with E-state index in [1.165, 1.54) is 11.3 Å². The van der Waals surface area contributed by atoms with Crippen LogP contribution in [0.5, 0.6) is 0 Å². The third kappa shape index (κ3) is 2.75. The summed E-state index contributed by atoms with van der Waals surface area (Å²) >= 11 is 4.35. The van der Waals surface area contributed by atoms with Gasteiger partial charge in [-0.3, -0.25) is 10.1 Å². The maximum absolute atomic E-state index is 10.5. The number of hydrogen-bond donors (Lipinski definition) is 1. The minimum atomic E-state index is -0.374. The highest BCUT2D eigenvalue weighted by Gasteiger charge is 2.16. The zero-order valence-corrected chi connectivity index (χ0v) is 9.23. The standard InChI is InChI=1S/C7H9BrN2O2S/c8-6-4-5(2-1-3-9)13-7(6)10(11)12/h4H,1-3,9H2. The number of nitrogens with zero attached hydrogens (tertiary/aromatic N) is 1. The van der Waals surface area contributed by atoms with Gasteiger partial charge in [0, 0.05) is 4.88 Å². The monoisotopic (exact) mass is 264 g/mol. The van der Waals surface area contributed by atoms with Gasteiger partial charge in [-0.2, -0.15) is 0 Å². The largest absolute Gasteiger partial charge is 0.338 e. The Balaban J connectivity index is 2.76. The van der Waals surface area contributed by atoms with Crippen LogP contribution < -0.4 is 5.73 Å². The smallest absolute Gasteiger partial charge is 0.330 e. The summed E-state index contributed by atoms with van der Waals surface area (Å²) in [6.45, 7) is 0.614. The van der Waals surface area contributed by atoms with Crippen LogP contribution in [0.2, 0.25) is 0 Å². The first-order chi connectivity index (χ1) is 6.15. The third-order valence-corrected chi connectivity index (χ3v) is 3.53. The predicted octanol–water partition coefficient (Wildman–Crippen LogP) is 2.31. The van der Waals surface area contributed by atoms with E-state index in [-0.39, 0.29) is 9.92 Å². The highest BCUT2D eigenvalue weighted by Crippen LogP contribution is 2.34. The number of nitro groups is 1. The molecule has 0 unspecified atom stereocenters. The molecule has 0 aliphatic rings. The molecule has 1 aromatic heterocycles. The highest BCUT2D eigenvalue weighted by molar-refractivity contribution is 9.10. The van der Waals surface area contributed by atoms with Crippen molar-refractivity contribution < 1.29 is 4.92 Å². The van der Waals surface area contributed by atoms with Crippen LogP contribution in [0, 0.1) is 10.1 Å². The fourth-order valence-corrected chi connectivity index (χ4v) is 2.65. The average molecular weight is 265 g/mol. The van der Waals surface area contributed by atoms with Crippen molar-refractivity contribution >= 4 is 32.3 Å². The van der Waals surface area contributed by atoms with Gasteiger partial charge in [0.15, 0.2) is 0 Å². The Kier molecular flexibility index (Phi) is 3.83. The Morgan fingerprint density at radius 3 is 2.85 bits per heavy atom. The van der Waals surface area contributed by atoms with E-state index in [0.29, 0.717) is 11.0 Å². The van der Waals surface area contributed by atoms with Gasteiger partial charge < -0.3 is 5.73 Å². The fourth-order valence-electron chi connectivity index (χ4n) is 0.929. The summed E-state index contributed by atoms with van der Waals surface area (Å²) in [5.41, 5.74) is 5.34. The molecule has 0 bridgehead atoms. The molecule has 0 aromatic carbocycles. The number of aryl methyl sites for hydroxylation is 1. The molecule has 1 heterocycles. The van der Waals surface area contributed by atoms with E-state index >= 15 is 0 Å². The van der Waals surface area contributed by atoms with E-state index in [1.807, 2.05) is 0 Å². The van der Waals surface area contributed by atoms with Crippen molar-refractivity contribution in [3.8, 4) is 0 Å². The Morgan fingerprint density at radius 1 is 1.69 bits per heavy atom. The summed E-state index contributed by atoms with van der Waals surface area (Å²) in [6.07, 6.45) is 1.68. The number of thiophene rings is 1. The van der Waals surface area contributed by atoms with E-state index < -0.39 is 0 Å². The van der Waals surface area contributed by atoms with Gasteiger partial charge in [0.2, 0.25) is 0 Å². The van der Waals surface area contributed by atoms with Crippen LogP contribution in [0.3, 0.4) is 0 Å². The van der Waals surface area contributed by atoms with Crippen LogP contribution in [-0.2, 0) is 6.42 Å². The first-order valence-electron chi connectivity index (χ1n) is 3.78. The van der Waals surface area contributed by atoms with Crippen LogP contribution in [0.1, 0.15) is 11.3 Å². The molecule has 0 radical (unpaired) electrons. The Morgan fingerprint density at radius 2 is 2.38 bits per heavy atom. The van der Waals surface area contributed by atoms with Gasteiger partial charge in [-0.1, -0.05) is 11.3 Å². The second-order valence-electron chi connectivity index (χ2n) is 2.52. The lowest BCUT2D eigenvalue weighted by Crippen LogP contribution is -1.99.